The summed E-state index contributed by atoms with van der Waals surface area (Å²) in [6, 6.07) is 6.55. The number of benzene rings is 1. The summed E-state index contributed by atoms with van der Waals surface area (Å²) >= 11 is 0. The fraction of sp³-hybridized carbons (Fsp3) is 0.577. The van der Waals surface area contributed by atoms with Gasteiger partial charge in [-0.15, -0.1) is 19.9 Å². The SMILES string of the molecule is CC[N+]1(CC)N=CN=C1COC1=Nn2c(nnc2-c2ccccc2F)CC1(C(C)(C)C)C(C)(C)C. The molecular weight excluding hydrogens is 445 g/mol. The number of halogens is 1. The van der Waals surface area contributed by atoms with Crippen molar-refractivity contribution in [2.24, 2.45) is 31.4 Å². The molecule has 0 saturated heterocycles. The molecule has 35 heavy (non-hydrogen) atoms. The predicted molar refractivity (Wildman–Crippen MR) is 137 cm³/mol. The normalized spacial score (nSPS) is 18.8. The van der Waals surface area contributed by atoms with Gasteiger partial charge in [-0.05, 0) is 36.8 Å². The predicted octanol–water partition coefficient (Wildman–Crippen LogP) is 5.11. The van der Waals surface area contributed by atoms with Crippen LogP contribution in [0.15, 0.2) is 39.5 Å². The van der Waals surface area contributed by atoms with Gasteiger partial charge in [-0.25, -0.2) is 4.39 Å². The fourth-order valence-electron chi connectivity index (χ4n) is 5.68. The van der Waals surface area contributed by atoms with Gasteiger partial charge in [0, 0.05) is 6.42 Å². The molecule has 0 saturated carbocycles. The largest absolute Gasteiger partial charge is 0.467 e. The van der Waals surface area contributed by atoms with Crippen molar-refractivity contribution in [3.63, 3.8) is 0 Å². The molecule has 188 valence electrons. The van der Waals surface area contributed by atoms with Crippen molar-refractivity contribution in [1.82, 2.24) is 14.9 Å². The lowest BCUT2D eigenvalue weighted by atomic mass is 9.52. The molecule has 0 unspecified atom stereocenters. The van der Waals surface area contributed by atoms with Gasteiger partial charge in [-0.2, -0.15) is 9.67 Å². The molecule has 2 aromatic rings. The van der Waals surface area contributed by atoms with Crippen molar-refractivity contribution >= 4 is 18.1 Å². The van der Waals surface area contributed by atoms with E-state index in [1.807, 2.05) is 0 Å². The molecule has 0 bridgehead atoms. The molecule has 2 aliphatic heterocycles. The van der Waals surface area contributed by atoms with E-state index in [-0.39, 0.29) is 23.3 Å². The van der Waals surface area contributed by atoms with E-state index >= 15 is 0 Å². The van der Waals surface area contributed by atoms with Crippen LogP contribution in [-0.4, -0.2) is 57.2 Å². The molecule has 4 rings (SSSR count). The summed E-state index contributed by atoms with van der Waals surface area (Å²) < 4.78 is 23.3. The Morgan fingerprint density at radius 2 is 1.69 bits per heavy atom. The summed E-state index contributed by atoms with van der Waals surface area (Å²) in [4.78, 5) is 4.53. The summed E-state index contributed by atoms with van der Waals surface area (Å²) in [5, 5.41) is 18.4. The third-order valence-corrected chi connectivity index (χ3v) is 7.70. The Balaban J connectivity index is 1.84. The van der Waals surface area contributed by atoms with E-state index in [4.69, 9.17) is 9.84 Å². The molecule has 0 spiro atoms. The first-order valence-electron chi connectivity index (χ1n) is 12.3. The molecular formula is C26H37FN7O+. The minimum atomic E-state index is -0.496. The highest BCUT2D eigenvalue weighted by atomic mass is 19.1. The number of likely N-dealkylation sites (N-methyl/N-ethyl adjacent to an activating group) is 1. The standard InChI is InChI=1S/C26H37FN7O/c1-9-34(10-2)21(28-17-29-34)16-35-23-26(24(3,4)5,25(6,7)8)15-20-30-31-22(33(20)32-23)18-13-11-12-14-19(18)27/h11-14,17H,9-10,15-16H2,1-8H3/q+1. The van der Waals surface area contributed by atoms with E-state index in [2.05, 4.69) is 75.7 Å². The number of nitrogens with zero attached hydrogens (tertiary/aromatic N) is 7. The van der Waals surface area contributed by atoms with Crippen molar-refractivity contribution in [2.75, 3.05) is 19.7 Å². The number of hydrogen-bond acceptors (Lipinski definition) is 6. The van der Waals surface area contributed by atoms with Gasteiger partial charge in [0.25, 0.3) is 5.84 Å². The summed E-state index contributed by atoms with van der Waals surface area (Å²) in [6.45, 7) is 19.3. The number of aromatic nitrogens is 3. The molecule has 3 heterocycles. The fourth-order valence-corrected chi connectivity index (χ4v) is 5.68. The second-order valence-corrected chi connectivity index (χ2v) is 11.3. The van der Waals surface area contributed by atoms with Crippen LogP contribution in [0.4, 0.5) is 4.39 Å². The third-order valence-electron chi connectivity index (χ3n) is 7.70. The van der Waals surface area contributed by atoms with Crippen LogP contribution < -0.4 is 0 Å². The Morgan fingerprint density at radius 1 is 1.03 bits per heavy atom. The second kappa shape index (κ2) is 8.62. The number of quaternary nitrogens is 1. The van der Waals surface area contributed by atoms with Crippen molar-refractivity contribution < 1.29 is 13.7 Å². The summed E-state index contributed by atoms with van der Waals surface area (Å²) in [6.07, 6.45) is 2.17. The van der Waals surface area contributed by atoms with Crippen LogP contribution in [0.1, 0.15) is 61.2 Å². The molecule has 2 aliphatic rings. The van der Waals surface area contributed by atoms with Gasteiger partial charge >= 0.3 is 0 Å². The first-order chi connectivity index (χ1) is 16.4. The van der Waals surface area contributed by atoms with Crippen LogP contribution in [0.25, 0.3) is 11.4 Å². The maximum Gasteiger partial charge on any atom is 0.269 e. The van der Waals surface area contributed by atoms with Crippen LogP contribution >= 0.6 is 0 Å². The van der Waals surface area contributed by atoms with Crippen LogP contribution in [0.2, 0.25) is 0 Å². The van der Waals surface area contributed by atoms with Crippen LogP contribution in [0.5, 0.6) is 0 Å². The number of amidine groups is 1. The quantitative estimate of drug-likeness (QED) is 0.556. The van der Waals surface area contributed by atoms with Gasteiger partial charge < -0.3 is 4.74 Å². The first kappa shape index (κ1) is 25.2. The van der Waals surface area contributed by atoms with Gasteiger partial charge in [0.2, 0.25) is 5.90 Å². The van der Waals surface area contributed by atoms with E-state index in [1.54, 1.807) is 29.2 Å². The van der Waals surface area contributed by atoms with E-state index in [0.717, 1.165) is 18.9 Å². The first-order valence-corrected chi connectivity index (χ1v) is 12.3. The molecule has 0 fully saturated rings. The molecule has 0 amide bonds. The summed E-state index contributed by atoms with van der Waals surface area (Å²) in [5.41, 5.74) is -0.595. The number of rotatable bonds is 5. The van der Waals surface area contributed by atoms with Gasteiger partial charge in [-0.1, -0.05) is 58.8 Å². The van der Waals surface area contributed by atoms with Crippen molar-refractivity contribution in [3.05, 3.63) is 35.9 Å². The van der Waals surface area contributed by atoms with Gasteiger partial charge in [-0.3, -0.25) is 0 Å². The number of ether oxygens (including phenoxy) is 1. The van der Waals surface area contributed by atoms with Crippen LogP contribution in [-0.2, 0) is 11.2 Å². The zero-order valence-electron chi connectivity index (χ0n) is 22.1. The molecule has 0 atom stereocenters. The smallest absolute Gasteiger partial charge is 0.269 e. The lowest BCUT2D eigenvalue weighted by molar-refractivity contribution is -0.843. The molecule has 1 aromatic heterocycles. The molecule has 0 N–H and O–H groups in total. The van der Waals surface area contributed by atoms with Gasteiger partial charge in [0.05, 0.1) is 11.0 Å². The summed E-state index contributed by atoms with van der Waals surface area (Å²) in [7, 11) is 0. The van der Waals surface area contributed by atoms with Crippen molar-refractivity contribution in [3.8, 4) is 11.4 Å². The molecule has 0 aliphatic carbocycles. The lowest BCUT2D eigenvalue weighted by Gasteiger charge is -2.53. The number of hydrogen-bond donors (Lipinski definition) is 0. The maximum absolute atomic E-state index is 14.7. The molecule has 9 heteroatoms. The zero-order valence-corrected chi connectivity index (χ0v) is 22.1. The lowest BCUT2D eigenvalue weighted by Crippen LogP contribution is -2.57. The average molecular weight is 483 g/mol. The molecule has 0 radical (unpaired) electrons. The number of aliphatic imine (C=N–C) groups is 1. The Hall–Kier alpha value is -2.94. The van der Waals surface area contributed by atoms with E-state index in [1.165, 1.54) is 6.07 Å². The third kappa shape index (κ3) is 3.90. The Kier molecular flexibility index (Phi) is 6.20. The minimum absolute atomic E-state index is 0.227. The van der Waals surface area contributed by atoms with Gasteiger partial charge in [0.15, 0.2) is 24.6 Å². The Bertz CT molecular complexity index is 1180. The van der Waals surface area contributed by atoms with Crippen LogP contribution in [0, 0.1) is 22.1 Å². The zero-order chi connectivity index (χ0) is 25.6. The van der Waals surface area contributed by atoms with Crippen molar-refractivity contribution in [2.45, 2.75) is 61.8 Å². The summed E-state index contributed by atoms with van der Waals surface area (Å²) in [5.74, 6) is 2.12. The average Bonchev–Trinajstić information content (AvgIpc) is 3.39. The van der Waals surface area contributed by atoms with E-state index < -0.39 is 5.41 Å². The minimum Gasteiger partial charge on any atom is -0.467 e. The molecule has 8 nitrogen and oxygen atoms in total. The van der Waals surface area contributed by atoms with E-state index in [9.17, 15) is 4.39 Å². The highest BCUT2D eigenvalue weighted by molar-refractivity contribution is 5.91. The topological polar surface area (TPSA) is 77.0 Å². The monoisotopic (exact) mass is 482 g/mol. The second-order valence-electron chi connectivity index (χ2n) is 11.3. The van der Waals surface area contributed by atoms with E-state index in [0.29, 0.717) is 34.1 Å². The van der Waals surface area contributed by atoms with Gasteiger partial charge in [0.1, 0.15) is 18.9 Å². The highest BCUT2D eigenvalue weighted by Crippen LogP contribution is 2.56. The molecule has 1 aromatic carbocycles. The Labute approximate surface area is 207 Å². The Morgan fingerprint density at radius 3 is 2.29 bits per heavy atom. The van der Waals surface area contributed by atoms with Crippen LogP contribution in [0.3, 0.4) is 0 Å². The maximum atomic E-state index is 14.7. The number of fused-ring (bicyclic) bond motifs is 1. The van der Waals surface area contributed by atoms with Crippen molar-refractivity contribution in [1.29, 1.82) is 0 Å². The highest BCUT2D eigenvalue weighted by Gasteiger charge is 2.58.